The second-order valence-electron chi connectivity index (χ2n) is 7.73. The molecule has 0 aliphatic carbocycles. The van der Waals surface area contributed by atoms with E-state index < -0.39 is 21.9 Å². The zero-order valence-electron chi connectivity index (χ0n) is 17.6. The number of hydrogen-bond acceptors (Lipinski definition) is 6. The Kier molecular flexibility index (Phi) is 5.72. The van der Waals surface area contributed by atoms with E-state index in [1.54, 1.807) is 13.0 Å². The Morgan fingerprint density at radius 3 is 2.48 bits per heavy atom. The minimum Gasteiger partial charge on any atom is -0.309 e. The first-order chi connectivity index (χ1) is 14.7. The number of nitrogens with zero attached hydrogens (tertiary/aromatic N) is 4. The molecule has 0 radical (unpaired) electrons. The highest BCUT2D eigenvalue weighted by atomic mass is 32.2. The number of pyridine rings is 1. The summed E-state index contributed by atoms with van der Waals surface area (Å²) in [6.07, 6.45) is 1.35. The van der Waals surface area contributed by atoms with E-state index in [0.717, 1.165) is 17.5 Å². The molecule has 0 unspecified atom stereocenters. The Labute approximate surface area is 181 Å². The van der Waals surface area contributed by atoms with Gasteiger partial charge in [-0.3, -0.25) is 0 Å². The minimum atomic E-state index is -3.85. The van der Waals surface area contributed by atoms with Crippen molar-refractivity contribution in [2.24, 2.45) is 0 Å². The van der Waals surface area contributed by atoms with Gasteiger partial charge in [0.2, 0.25) is 16.0 Å². The molecule has 1 N–H and O–H groups in total. The van der Waals surface area contributed by atoms with Crippen LogP contribution in [0.1, 0.15) is 41.5 Å². The van der Waals surface area contributed by atoms with Crippen molar-refractivity contribution in [3.05, 3.63) is 70.9 Å². The second-order valence-corrected chi connectivity index (χ2v) is 9.62. The summed E-state index contributed by atoms with van der Waals surface area (Å²) >= 11 is 0. The summed E-state index contributed by atoms with van der Waals surface area (Å²) in [5, 5.41) is 3.10. The number of anilines is 2. The van der Waals surface area contributed by atoms with E-state index in [1.165, 1.54) is 16.4 Å². The maximum Gasteiger partial charge on any atom is 0.243 e. The summed E-state index contributed by atoms with van der Waals surface area (Å²) in [5.41, 5.74) is 2.71. The summed E-state index contributed by atoms with van der Waals surface area (Å²) in [6.45, 7) is 5.74. The van der Waals surface area contributed by atoms with Crippen LogP contribution in [0.3, 0.4) is 0 Å². The number of nitrogens with one attached hydrogen (secondary N) is 1. The van der Waals surface area contributed by atoms with Crippen LogP contribution in [-0.2, 0) is 10.0 Å². The van der Waals surface area contributed by atoms with Gasteiger partial charge in [-0.2, -0.15) is 4.31 Å². The standard InChI is InChI=1S/C22H24FN5O2S/c1-14-9-10-17(13-18(14)23)31(29,30)28-11-5-7-20(28)19-6-4-8-21(26-19)27-22-24-15(2)12-16(3)25-22/h4,6,8-10,12-13,20H,5,7,11H2,1-3H3,(H,24,25,26,27)/t20-/m1/s1. The number of rotatable bonds is 5. The summed E-state index contributed by atoms with van der Waals surface area (Å²) in [5.74, 6) is 0.441. The first-order valence-electron chi connectivity index (χ1n) is 10.1. The average Bonchev–Trinajstić information content (AvgIpc) is 3.20. The fourth-order valence-corrected chi connectivity index (χ4v) is 5.48. The molecule has 3 aromatic rings. The van der Waals surface area contributed by atoms with Crippen molar-refractivity contribution in [2.75, 3.05) is 11.9 Å². The van der Waals surface area contributed by atoms with Crippen molar-refractivity contribution < 1.29 is 12.8 Å². The molecule has 9 heteroatoms. The monoisotopic (exact) mass is 441 g/mol. The van der Waals surface area contributed by atoms with E-state index >= 15 is 0 Å². The van der Waals surface area contributed by atoms with Gasteiger partial charge < -0.3 is 5.32 Å². The van der Waals surface area contributed by atoms with Crippen molar-refractivity contribution in [2.45, 2.75) is 44.6 Å². The molecule has 1 aromatic carbocycles. The molecule has 162 valence electrons. The molecule has 0 saturated carbocycles. The maximum atomic E-state index is 14.0. The van der Waals surface area contributed by atoms with Crippen LogP contribution >= 0.6 is 0 Å². The molecule has 1 aliphatic rings. The third kappa shape index (κ3) is 4.42. The summed E-state index contributed by atoms with van der Waals surface area (Å²) in [7, 11) is -3.85. The SMILES string of the molecule is Cc1cc(C)nc(Nc2cccc([C@H]3CCCN3S(=O)(=O)c3ccc(C)c(F)c3)n2)n1. The highest BCUT2D eigenvalue weighted by Crippen LogP contribution is 2.36. The Bertz CT molecular complexity index is 1210. The summed E-state index contributed by atoms with van der Waals surface area (Å²) in [6, 6.07) is 10.9. The largest absolute Gasteiger partial charge is 0.309 e. The molecule has 7 nitrogen and oxygen atoms in total. The van der Waals surface area contributed by atoms with Gasteiger partial charge in [0.05, 0.1) is 16.6 Å². The molecule has 0 spiro atoms. The molecule has 0 amide bonds. The summed E-state index contributed by atoms with van der Waals surface area (Å²) < 4.78 is 41.9. The van der Waals surface area contributed by atoms with Crippen molar-refractivity contribution in [3.8, 4) is 0 Å². The van der Waals surface area contributed by atoms with Crippen LogP contribution in [0.25, 0.3) is 0 Å². The predicted octanol–water partition coefficient (Wildman–Crippen LogP) is 4.21. The predicted molar refractivity (Wildman–Crippen MR) is 116 cm³/mol. The van der Waals surface area contributed by atoms with Crippen LogP contribution in [0.15, 0.2) is 47.4 Å². The maximum absolute atomic E-state index is 14.0. The van der Waals surface area contributed by atoms with E-state index in [1.807, 2.05) is 32.0 Å². The number of halogens is 1. The Morgan fingerprint density at radius 1 is 1.03 bits per heavy atom. The van der Waals surface area contributed by atoms with Crippen LogP contribution in [0.5, 0.6) is 0 Å². The number of hydrogen-bond donors (Lipinski definition) is 1. The lowest BCUT2D eigenvalue weighted by atomic mass is 10.1. The van der Waals surface area contributed by atoms with Gasteiger partial charge in [0.1, 0.15) is 11.6 Å². The third-order valence-corrected chi connectivity index (χ3v) is 7.19. The van der Waals surface area contributed by atoms with Gasteiger partial charge >= 0.3 is 0 Å². The van der Waals surface area contributed by atoms with Gasteiger partial charge in [0.15, 0.2) is 0 Å². The number of aromatic nitrogens is 3. The molecular formula is C22H24FN5O2S. The molecule has 2 aromatic heterocycles. The van der Waals surface area contributed by atoms with Crippen LogP contribution in [0.2, 0.25) is 0 Å². The molecule has 1 fully saturated rings. The Morgan fingerprint density at radius 2 is 1.77 bits per heavy atom. The van der Waals surface area contributed by atoms with E-state index in [9.17, 15) is 12.8 Å². The molecule has 1 saturated heterocycles. The van der Waals surface area contributed by atoms with Crippen LogP contribution < -0.4 is 5.32 Å². The number of sulfonamides is 1. The molecule has 1 aliphatic heterocycles. The third-order valence-electron chi connectivity index (χ3n) is 5.29. The van der Waals surface area contributed by atoms with Crippen molar-refractivity contribution in [1.82, 2.24) is 19.3 Å². The van der Waals surface area contributed by atoms with Gasteiger partial charge in [0, 0.05) is 17.9 Å². The second kappa shape index (κ2) is 8.32. The lowest BCUT2D eigenvalue weighted by molar-refractivity contribution is 0.390. The van der Waals surface area contributed by atoms with E-state index in [4.69, 9.17) is 0 Å². The normalized spacial score (nSPS) is 17.1. The first-order valence-corrected chi connectivity index (χ1v) is 11.5. The Balaban J connectivity index is 1.63. The molecular weight excluding hydrogens is 417 g/mol. The van der Waals surface area contributed by atoms with Gasteiger partial charge in [0.25, 0.3) is 0 Å². The van der Waals surface area contributed by atoms with Crippen molar-refractivity contribution >= 4 is 21.8 Å². The van der Waals surface area contributed by atoms with Crippen LogP contribution in [0, 0.1) is 26.6 Å². The van der Waals surface area contributed by atoms with E-state index in [-0.39, 0.29) is 4.90 Å². The highest BCUT2D eigenvalue weighted by molar-refractivity contribution is 7.89. The Hall–Kier alpha value is -2.91. The van der Waals surface area contributed by atoms with Crippen molar-refractivity contribution in [1.29, 1.82) is 0 Å². The number of aryl methyl sites for hydroxylation is 3. The smallest absolute Gasteiger partial charge is 0.243 e. The van der Waals surface area contributed by atoms with Gasteiger partial charge in [-0.25, -0.2) is 27.8 Å². The fourth-order valence-electron chi connectivity index (χ4n) is 3.80. The topological polar surface area (TPSA) is 88.1 Å². The zero-order valence-corrected chi connectivity index (χ0v) is 18.4. The van der Waals surface area contributed by atoms with Gasteiger partial charge in [-0.05, 0) is 69.5 Å². The van der Waals surface area contributed by atoms with Crippen molar-refractivity contribution in [3.63, 3.8) is 0 Å². The van der Waals surface area contributed by atoms with Crippen LogP contribution in [-0.4, -0.2) is 34.2 Å². The molecule has 3 heterocycles. The minimum absolute atomic E-state index is 0.0413. The summed E-state index contributed by atoms with van der Waals surface area (Å²) in [4.78, 5) is 13.3. The molecule has 31 heavy (non-hydrogen) atoms. The molecule has 1 atom stereocenters. The molecule has 4 rings (SSSR count). The molecule has 0 bridgehead atoms. The number of benzene rings is 1. The quantitative estimate of drug-likeness (QED) is 0.638. The lowest BCUT2D eigenvalue weighted by Crippen LogP contribution is -2.31. The zero-order chi connectivity index (χ0) is 22.2. The fraction of sp³-hybridized carbons (Fsp3) is 0.318. The van der Waals surface area contributed by atoms with E-state index in [0.29, 0.717) is 42.4 Å². The van der Waals surface area contributed by atoms with E-state index in [2.05, 4.69) is 20.3 Å². The van der Waals surface area contributed by atoms with Gasteiger partial charge in [-0.1, -0.05) is 12.1 Å². The van der Waals surface area contributed by atoms with Crippen LogP contribution in [0.4, 0.5) is 16.2 Å². The highest BCUT2D eigenvalue weighted by Gasteiger charge is 2.37. The lowest BCUT2D eigenvalue weighted by Gasteiger charge is -2.24. The van der Waals surface area contributed by atoms with Gasteiger partial charge in [-0.15, -0.1) is 0 Å². The average molecular weight is 442 g/mol. The first kappa shape index (κ1) is 21.3.